The summed E-state index contributed by atoms with van der Waals surface area (Å²) in [5.41, 5.74) is 6.78. The van der Waals surface area contributed by atoms with E-state index in [4.69, 9.17) is 4.42 Å². The highest BCUT2D eigenvalue weighted by Crippen LogP contribution is 2.38. The molecule has 3 heteroatoms. The van der Waals surface area contributed by atoms with Gasteiger partial charge in [-0.15, -0.1) is 0 Å². The zero-order valence-electron chi connectivity index (χ0n) is 18.9. The number of imidazole rings is 1. The van der Waals surface area contributed by atoms with Crippen molar-refractivity contribution < 1.29 is 8.98 Å². The average Bonchev–Trinajstić information content (AvgIpc) is 3.31. The number of nitrogens with zero attached hydrogens (tertiary/aromatic N) is 2. The number of fused-ring (bicyclic) bond motifs is 7. The fourth-order valence-electron chi connectivity index (χ4n) is 5.37. The summed E-state index contributed by atoms with van der Waals surface area (Å²) in [6, 6.07) is 30.4. The van der Waals surface area contributed by atoms with Gasteiger partial charge >= 0.3 is 0 Å². The Balaban J connectivity index is 1.66. The topological polar surface area (TPSA) is 21.9 Å². The van der Waals surface area contributed by atoms with Gasteiger partial charge in [-0.3, -0.25) is 0 Å². The molecule has 0 bridgehead atoms. The molecule has 0 saturated heterocycles. The molecule has 7 aromatic rings. The van der Waals surface area contributed by atoms with E-state index in [0.717, 1.165) is 11.2 Å². The van der Waals surface area contributed by atoms with E-state index < -0.39 is 0 Å². The van der Waals surface area contributed by atoms with Gasteiger partial charge in [-0.2, -0.15) is 4.57 Å². The lowest BCUT2D eigenvalue weighted by Crippen LogP contribution is -2.30. The normalized spacial score (nSPS) is 12.1. The summed E-state index contributed by atoms with van der Waals surface area (Å²) in [6.07, 6.45) is 0. The molecule has 0 saturated carbocycles. The van der Waals surface area contributed by atoms with E-state index in [9.17, 15) is 0 Å². The third kappa shape index (κ3) is 2.48. The van der Waals surface area contributed by atoms with Crippen LogP contribution in [0.15, 0.2) is 89.3 Å². The van der Waals surface area contributed by atoms with E-state index in [2.05, 4.69) is 115 Å². The molecule has 5 aromatic carbocycles. The molecule has 0 fully saturated rings. The first-order valence-corrected chi connectivity index (χ1v) is 11.3. The zero-order valence-corrected chi connectivity index (χ0v) is 18.9. The number of rotatable bonds is 1. The maximum atomic E-state index is 6.33. The Kier molecular flexibility index (Phi) is 3.61. The van der Waals surface area contributed by atoms with Crippen molar-refractivity contribution in [1.82, 2.24) is 4.57 Å². The minimum Gasteiger partial charge on any atom is -0.456 e. The van der Waals surface area contributed by atoms with Gasteiger partial charge in [0, 0.05) is 17.7 Å². The first-order chi connectivity index (χ1) is 16.1. The molecule has 0 radical (unpaired) electrons. The third-order valence-corrected chi connectivity index (χ3v) is 7.18. The second-order valence-corrected chi connectivity index (χ2v) is 9.03. The minimum absolute atomic E-state index is 0.933. The van der Waals surface area contributed by atoms with Crippen LogP contribution in [0.25, 0.3) is 60.2 Å². The van der Waals surface area contributed by atoms with E-state index >= 15 is 0 Å². The fourth-order valence-corrected chi connectivity index (χ4v) is 5.37. The molecule has 0 unspecified atom stereocenters. The van der Waals surface area contributed by atoms with Crippen molar-refractivity contribution in [3.8, 4) is 5.69 Å². The Morgan fingerprint density at radius 1 is 0.697 bits per heavy atom. The van der Waals surface area contributed by atoms with Crippen LogP contribution in [0.2, 0.25) is 0 Å². The molecule has 2 heterocycles. The number of benzene rings is 5. The smallest absolute Gasteiger partial charge is 0.259 e. The van der Waals surface area contributed by atoms with Crippen LogP contribution in [-0.2, 0) is 7.05 Å². The standard InChI is InChI=1S/C30H23N2O/c1-18-8-4-7-11-25(18)32-19(2)31(3)26-15-22-12-13-28-30(23(22)17-27(26)32)24-14-20-9-5-6-10-21(20)16-29(24)33-28/h4-17H,1-3H3/q+1. The van der Waals surface area contributed by atoms with Crippen LogP contribution in [-0.4, -0.2) is 4.57 Å². The average molecular weight is 428 g/mol. The van der Waals surface area contributed by atoms with Gasteiger partial charge in [0.25, 0.3) is 5.82 Å². The Morgan fingerprint density at radius 2 is 1.45 bits per heavy atom. The SMILES string of the molecule is Cc1ccccc1-n1c(C)[n+](C)c2cc3ccc4oc5cc6ccccc6cc5c4c3cc21. The molecular formula is C30H23N2O+. The van der Waals surface area contributed by atoms with Crippen LogP contribution in [0.1, 0.15) is 11.4 Å². The molecular weight excluding hydrogens is 404 g/mol. The van der Waals surface area contributed by atoms with Crippen LogP contribution in [0.3, 0.4) is 0 Å². The molecule has 7 rings (SSSR count). The van der Waals surface area contributed by atoms with Crippen molar-refractivity contribution in [2.75, 3.05) is 0 Å². The lowest BCUT2D eigenvalue weighted by atomic mass is 10.0. The van der Waals surface area contributed by atoms with Crippen LogP contribution < -0.4 is 4.57 Å². The van der Waals surface area contributed by atoms with Crippen LogP contribution in [0, 0.1) is 13.8 Å². The summed E-state index contributed by atoms with van der Waals surface area (Å²) in [6.45, 7) is 4.36. The van der Waals surface area contributed by atoms with E-state index in [0.29, 0.717) is 0 Å². The largest absolute Gasteiger partial charge is 0.456 e. The zero-order chi connectivity index (χ0) is 22.3. The number of furan rings is 1. The number of aromatic nitrogens is 2. The molecule has 0 amide bonds. The highest BCUT2D eigenvalue weighted by molar-refractivity contribution is 6.22. The monoisotopic (exact) mass is 427 g/mol. The first-order valence-electron chi connectivity index (χ1n) is 11.3. The van der Waals surface area contributed by atoms with Crippen molar-refractivity contribution >= 4 is 54.5 Å². The quantitative estimate of drug-likeness (QED) is 0.252. The molecule has 3 nitrogen and oxygen atoms in total. The molecule has 2 aromatic heterocycles. The summed E-state index contributed by atoms with van der Waals surface area (Å²) in [4.78, 5) is 0. The molecule has 33 heavy (non-hydrogen) atoms. The fraction of sp³-hybridized carbons (Fsp3) is 0.100. The van der Waals surface area contributed by atoms with Gasteiger partial charge < -0.3 is 4.42 Å². The number of aryl methyl sites for hydroxylation is 2. The molecule has 0 aliphatic carbocycles. The summed E-state index contributed by atoms with van der Waals surface area (Å²) in [5, 5.41) is 7.24. The Labute approximate surface area is 191 Å². The second kappa shape index (κ2) is 6.46. The molecule has 0 atom stereocenters. The third-order valence-electron chi connectivity index (χ3n) is 7.18. The minimum atomic E-state index is 0.933. The summed E-state index contributed by atoms with van der Waals surface area (Å²) in [5.74, 6) is 1.20. The van der Waals surface area contributed by atoms with Crippen LogP contribution in [0.4, 0.5) is 0 Å². The Bertz CT molecular complexity index is 1900. The van der Waals surface area contributed by atoms with Crippen molar-refractivity contribution in [3.63, 3.8) is 0 Å². The molecule has 0 aliphatic rings. The van der Waals surface area contributed by atoms with Crippen molar-refractivity contribution in [2.45, 2.75) is 13.8 Å². The van der Waals surface area contributed by atoms with E-state index in [1.54, 1.807) is 0 Å². The van der Waals surface area contributed by atoms with Gasteiger partial charge in [0.15, 0.2) is 11.0 Å². The predicted octanol–water partition coefficient (Wildman–Crippen LogP) is 7.28. The van der Waals surface area contributed by atoms with E-state index in [-0.39, 0.29) is 0 Å². The van der Waals surface area contributed by atoms with E-state index in [1.165, 1.54) is 60.4 Å². The first kappa shape index (κ1) is 18.5. The highest BCUT2D eigenvalue weighted by Gasteiger charge is 2.23. The van der Waals surface area contributed by atoms with Gasteiger partial charge in [0.05, 0.1) is 7.05 Å². The molecule has 0 N–H and O–H groups in total. The molecule has 0 spiro atoms. The summed E-state index contributed by atoms with van der Waals surface area (Å²) < 4.78 is 11.0. The predicted molar refractivity (Wildman–Crippen MR) is 136 cm³/mol. The van der Waals surface area contributed by atoms with Crippen LogP contribution in [0.5, 0.6) is 0 Å². The summed E-state index contributed by atoms with van der Waals surface area (Å²) >= 11 is 0. The number of hydrogen-bond donors (Lipinski definition) is 0. The lowest BCUT2D eigenvalue weighted by molar-refractivity contribution is -0.652. The maximum Gasteiger partial charge on any atom is 0.259 e. The number of hydrogen-bond acceptors (Lipinski definition) is 1. The van der Waals surface area contributed by atoms with Gasteiger partial charge in [-0.1, -0.05) is 48.5 Å². The molecule has 158 valence electrons. The lowest BCUT2D eigenvalue weighted by Gasteiger charge is -2.04. The molecule has 0 aliphatic heterocycles. The summed E-state index contributed by atoms with van der Waals surface area (Å²) in [7, 11) is 2.15. The Morgan fingerprint density at radius 3 is 2.27 bits per heavy atom. The maximum absolute atomic E-state index is 6.33. The van der Waals surface area contributed by atoms with Crippen molar-refractivity contribution in [3.05, 3.63) is 96.3 Å². The van der Waals surface area contributed by atoms with Crippen LogP contribution >= 0.6 is 0 Å². The second-order valence-electron chi connectivity index (χ2n) is 9.03. The van der Waals surface area contributed by atoms with E-state index in [1.807, 2.05) is 0 Å². The van der Waals surface area contributed by atoms with Gasteiger partial charge in [-0.05, 0) is 70.4 Å². The Hall–Kier alpha value is -4.11. The van der Waals surface area contributed by atoms with Gasteiger partial charge in [0.1, 0.15) is 16.9 Å². The number of para-hydroxylation sites is 1. The highest BCUT2D eigenvalue weighted by atomic mass is 16.3. The van der Waals surface area contributed by atoms with Crippen molar-refractivity contribution in [1.29, 1.82) is 0 Å². The van der Waals surface area contributed by atoms with Crippen molar-refractivity contribution in [2.24, 2.45) is 7.05 Å². The van der Waals surface area contributed by atoms with Gasteiger partial charge in [0.2, 0.25) is 0 Å². The van der Waals surface area contributed by atoms with Gasteiger partial charge in [-0.25, -0.2) is 4.57 Å².